The maximum absolute atomic E-state index is 12.3. The molecule has 0 bridgehead atoms. The number of nitrogens with one attached hydrogen (secondary N) is 1. The molecule has 3 rings (SSSR count). The van der Waals surface area contributed by atoms with Crippen molar-refractivity contribution in [2.75, 3.05) is 11.1 Å². The highest BCUT2D eigenvalue weighted by atomic mass is 35.5. The number of carbonyl (C=O) groups is 1. The van der Waals surface area contributed by atoms with Gasteiger partial charge in [0.1, 0.15) is 10.9 Å². The molecule has 0 aliphatic carbocycles. The van der Waals surface area contributed by atoms with Gasteiger partial charge in [-0.1, -0.05) is 35.5 Å². The van der Waals surface area contributed by atoms with E-state index in [1.807, 2.05) is 50.2 Å². The van der Waals surface area contributed by atoms with E-state index in [0.717, 1.165) is 27.7 Å². The third kappa shape index (κ3) is 4.59. The number of benzene rings is 1. The molecule has 0 aliphatic heterocycles. The number of nitrogens with zero attached hydrogens (tertiary/aromatic N) is 3. The van der Waals surface area contributed by atoms with Crippen LogP contribution in [0.25, 0.3) is 11.4 Å². The summed E-state index contributed by atoms with van der Waals surface area (Å²) in [7, 11) is 0. The molecule has 0 saturated carbocycles. The Kier molecular flexibility index (Phi) is 5.85. The second-order valence-electron chi connectivity index (χ2n) is 5.60. The number of thioether (sulfide) groups is 1. The van der Waals surface area contributed by atoms with Gasteiger partial charge in [0.25, 0.3) is 0 Å². The molecule has 0 atom stereocenters. The van der Waals surface area contributed by atoms with Crippen molar-refractivity contribution >= 4 is 35.0 Å². The molecule has 2 aromatic heterocycles. The van der Waals surface area contributed by atoms with Crippen molar-refractivity contribution in [2.24, 2.45) is 0 Å². The molecule has 1 amide bonds. The molecule has 2 heterocycles. The summed E-state index contributed by atoms with van der Waals surface area (Å²) in [5.41, 5.74) is 3.09. The van der Waals surface area contributed by atoms with Crippen molar-refractivity contribution in [2.45, 2.75) is 18.9 Å². The molecule has 0 unspecified atom stereocenters. The normalized spacial score (nSPS) is 10.6. The fourth-order valence-corrected chi connectivity index (χ4v) is 3.25. The van der Waals surface area contributed by atoms with Crippen LogP contribution in [0.15, 0.2) is 53.7 Å². The van der Waals surface area contributed by atoms with Crippen LogP contribution in [0.2, 0.25) is 5.02 Å². The molecule has 0 radical (unpaired) electrons. The maximum atomic E-state index is 12.3. The summed E-state index contributed by atoms with van der Waals surface area (Å²) in [5, 5.41) is 4.24. The molecular weight excluding hydrogens is 368 g/mol. The average molecular weight is 385 g/mol. The molecule has 3 aromatic rings. The van der Waals surface area contributed by atoms with Gasteiger partial charge >= 0.3 is 0 Å². The van der Waals surface area contributed by atoms with Gasteiger partial charge in [-0.05, 0) is 49.7 Å². The summed E-state index contributed by atoms with van der Waals surface area (Å²) >= 11 is 7.44. The second-order valence-corrected chi connectivity index (χ2v) is 7.01. The smallest absolute Gasteiger partial charge is 0.234 e. The first kappa shape index (κ1) is 18.4. The number of halogens is 1. The van der Waals surface area contributed by atoms with Crippen LogP contribution in [0.1, 0.15) is 11.4 Å². The highest BCUT2D eigenvalue weighted by Gasteiger charge is 2.10. The number of hydrogen-bond donors (Lipinski definition) is 1. The van der Waals surface area contributed by atoms with Crippen molar-refractivity contribution in [3.8, 4) is 11.4 Å². The Labute approximate surface area is 161 Å². The van der Waals surface area contributed by atoms with Gasteiger partial charge in [0.15, 0.2) is 0 Å². The number of aromatic nitrogens is 3. The first-order valence-electron chi connectivity index (χ1n) is 7.98. The third-order valence-corrected chi connectivity index (χ3v) is 4.96. The quantitative estimate of drug-likeness (QED) is 0.516. The molecule has 0 aliphatic rings. The molecule has 26 heavy (non-hydrogen) atoms. The summed E-state index contributed by atoms with van der Waals surface area (Å²) in [6.45, 7) is 3.70. The molecule has 1 N–H and O–H groups in total. The van der Waals surface area contributed by atoms with Gasteiger partial charge in [-0.25, -0.2) is 9.97 Å². The lowest BCUT2D eigenvalue weighted by Gasteiger charge is -2.09. The van der Waals surface area contributed by atoms with Gasteiger partial charge in [-0.2, -0.15) is 0 Å². The summed E-state index contributed by atoms with van der Waals surface area (Å²) < 4.78 is 0. The minimum absolute atomic E-state index is 0.115. The lowest BCUT2D eigenvalue weighted by atomic mass is 10.2. The van der Waals surface area contributed by atoms with Crippen LogP contribution >= 0.6 is 23.4 Å². The first-order chi connectivity index (χ1) is 12.5. The average Bonchev–Trinajstić information content (AvgIpc) is 2.64. The van der Waals surface area contributed by atoms with E-state index in [1.54, 1.807) is 12.3 Å². The molecule has 7 heteroatoms. The fraction of sp³-hybridized carbons (Fsp3) is 0.158. The number of carbonyl (C=O) groups excluding carboxylic acids is 1. The Morgan fingerprint density at radius 3 is 2.73 bits per heavy atom. The van der Waals surface area contributed by atoms with Crippen LogP contribution in [0.5, 0.6) is 0 Å². The van der Waals surface area contributed by atoms with E-state index in [2.05, 4.69) is 20.3 Å². The van der Waals surface area contributed by atoms with Gasteiger partial charge < -0.3 is 5.32 Å². The van der Waals surface area contributed by atoms with E-state index in [4.69, 9.17) is 11.6 Å². The largest absolute Gasteiger partial charge is 0.325 e. The predicted molar refractivity (Wildman–Crippen MR) is 106 cm³/mol. The summed E-state index contributed by atoms with van der Waals surface area (Å²) in [6.07, 6.45) is 1.72. The van der Waals surface area contributed by atoms with Crippen LogP contribution in [-0.2, 0) is 4.79 Å². The molecule has 5 nitrogen and oxygen atoms in total. The van der Waals surface area contributed by atoms with Crippen LogP contribution in [0, 0.1) is 13.8 Å². The van der Waals surface area contributed by atoms with Crippen LogP contribution in [0.4, 0.5) is 5.69 Å². The number of aryl methyl sites for hydroxylation is 1. The van der Waals surface area contributed by atoms with Gasteiger partial charge in [0, 0.05) is 16.9 Å². The lowest BCUT2D eigenvalue weighted by molar-refractivity contribution is -0.113. The number of amides is 1. The molecule has 0 saturated heterocycles. The minimum Gasteiger partial charge on any atom is -0.325 e. The predicted octanol–water partition coefficient (Wildman–Crippen LogP) is 4.54. The Morgan fingerprint density at radius 1 is 1.12 bits per heavy atom. The highest BCUT2D eigenvalue weighted by Crippen LogP contribution is 2.24. The third-order valence-electron chi connectivity index (χ3n) is 3.63. The van der Waals surface area contributed by atoms with E-state index in [-0.39, 0.29) is 11.7 Å². The molecule has 132 valence electrons. The fourth-order valence-electron chi connectivity index (χ4n) is 2.33. The molecule has 0 spiro atoms. The Morgan fingerprint density at radius 2 is 1.96 bits per heavy atom. The van der Waals surface area contributed by atoms with Crippen molar-refractivity contribution in [3.63, 3.8) is 0 Å². The zero-order valence-electron chi connectivity index (χ0n) is 14.4. The van der Waals surface area contributed by atoms with E-state index in [0.29, 0.717) is 10.8 Å². The SMILES string of the molecule is Cc1nc(SCC(=O)Nc2cccc(Cl)c2C)cc(-c2ccccn2)n1. The van der Waals surface area contributed by atoms with E-state index < -0.39 is 0 Å². The number of anilines is 1. The summed E-state index contributed by atoms with van der Waals surface area (Å²) in [5.74, 6) is 0.766. The number of pyridine rings is 1. The zero-order valence-corrected chi connectivity index (χ0v) is 15.9. The van der Waals surface area contributed by atoms with Gasteiger partial charge in [0.2, 0.25) is 5.91 Å². The summed E-state index contributed by atoms with van der Waals surface area (Å²) in [4.78, 5) is 25.4. The van der Waals surface area contributed by atoms with Gasteiger partial charge in [-0.15, -0.1) is 0 Å². The number of rotatable bonds is 5. The minimum atomic E-state index is -0.115. The second kappa shape index (κ2) is 8.29. The van der Waals surface area contributed by atoms with Crippen molar-refractivity contribution < 1.29 is 4.79 Å². The van der Waals surface area contributed by atoms with Gasteiger partial charge in [-0.3, -0.25) is 9.78 Å². The van der Waals surface area contributed by atoms with Crippen LogP contribution in [0.3, 0.4) is 0 Å². The first-order valence-corrected chi connectivity index (χ1v) is 9.34. The standard InChI is InChI=1S/C19H17ClN4OS/c1-12-14(20)6-5-8-15(12)24-18(25)11-26-19-10-17(22-13(2)23-19)16-7-3-4-9-21-16/h3-10H,11H2,1-2H3,(H,24,25). The van der Waals surface area contributed by atoms with Crippen molar-refractivity contribution in [3.05, 3.63) is 65.1 Å². The van der Waals surface area contributed by atoms with Crippen molar-refractivity contribution in [1.82, 2.24) is 15.0 Å². The van der Waals surface area contributed by atoms with E-state index >= 15 is 0 Å². The van der Waals surface area contributed by atoms with Crippen LogP contribution in [-0.4, -0.2) is 26.6 Å². The molecule has 1 aromatic carbocycles. The summed E-state index contributed by atoms with van der Waals surface area (Å²) in [6, 6.07) is 12.9. The molecule has 0 fully saturated rings. The highest BCUT2D eigenvalue weighted by molar-refractivity contribution is 7.99. The number of hydrogen-bond acceptors (Lipinski definition) is 5. The Balaban J connectivity index is 1.69. The van der Waals surface area contributed by atoms with E-state index in [9.17, 15) is 4.79 Å². The van der Waals surface area contributed by atoms with E-state index in [1.165, 1.54) is 11.8 Å². The Hall–Kier alpha value is -2.44. The molecular formula is C19H17ClN4OS. The monoisotopic (exact) mass is 384 g/mol. The van der Waals surface area contributed by atoms with Crippen LogP contribution < -0.4 is 5.32 Å². The maximum Gasteiger partial charge on any atom is 0.234 e. The lowest BCUT2D eigenvalue weighted by Crippen LogP contribution is -2.15. The zero-order chi connectivity index (χ0) is 18.5. The topological polar surface area (TPSA) is 67.8 Å². The Bertz CT molecular complexity index is 934. The van der Waals surface area contributed by atoms with Crippen molar-refractivity contribution in [1.29, 1.82) is 0 Å². The van der Waals surface area contributed by atoms with Gasteiger partial charge in [0.05, 0.1) is 17.1 Å².